The predicted octanol–water partition coefficient (Wildman–Crippen LogP) is 2.07. The molecule has 23 heavy (non-hydrogen) atoms. The number of halogens is 3. The molecule has 126 valence electrons. The maximum absolute atomic E-state index is 12.6. The van der Waals surface area contributed by atoms with Gasteiger partial charge in [-0.1, -0.05) is 6.07 Å². The van der Waals surface area contributed by atoms with Crippen molar-refractivity contribution in [1.82, 2.24) is 4.31 Å². The van der Waals surface area contributed by atoms with Gasteiger partial charge in [-0.3, -0.25) is 4.79 Å². The topological polar surface area (TPSA) is 66.5 Å². The second-order valence-corrected chi connectivity index (χ2v) is 8.04. The predicted molar refractivity (Wildman–Crippen MR) is 77.1 cm³/mol. The van der Waals surface area contributed by atoms with Gasteiger partial charge in [-0.2, -0.15) is 17.5 Å². The average Bonchev–Trinajstić information content (AvgIpc) is 3.20. The number of hydrogen-bond donors (Lipinski definition) is 1. The number of amides is 1. The molecular weight excluding hydrogens is 333 g/mol. The van der Waals surface area contributed by atoms with Crippen LogP contribution in [-0.2, 0) is 21.0 Å². The molecule has 0 spiro atoms. The van der Waals surface area contributed by atoms with Gasteiger partial charge in [0, 0.05) is 18.8 Å². The third kappa shape index (κ3) is 3.35. The molecule has 5 nitrogen and oxygen atoms in total. The maximum Gasteiger partial charge on any atom is 0.416 e. The van der Waals surface area contributed by atoms with Crippen LogP contribution in [0, 0.1) is 5.92 Å². The standard InChI is InChI=1S/C14H15F3N2O3S/c15-14(16,17)10-2-1-3-11(6-10)18-13(20)9-7-19(8-9)23(21,22)12-4-5-12/h1-3,6,9,12H,4-5,7-8H2,(H,18,20). The van der Waals surface area contributed by atoms with Crippen molar-refractivity contribution >= 4 is 21.6 Å². The van der Waals surface area contributed by atoms with Crippen LogP contribution < -0.4 is 5.32 Å². The van der Waals surface area contributed by atoms with Crippen molar-refractivity contribution in [2.45, 2.75) is 24.3 Å². The zero-order valence-electron chi connectivity index (χ0n) is 12.0. The van der Waals surface area contributed by atoms with Gasteiger partial charge in [0.1, 0.15) is 0 Å². The minimum atomic E-state index is -4.48. The summed E-state index contributed by atoms with van der Waals surface area (Å²) in [6.07, 6.45) is -3.17. The third-order valence-corrected chi connectivity index (χ3v) is 6.31. The first-order chi connectivity index (χ1) is 10.7. The van der Waals surface area contributed by atoms with Crippen LogP contribution in [0.4, 0.5) is 18.9 Å². The van der Waals surface area contributed by atoms with Gasteiger partial charge in [-0.25, -0.2) is 8.42 Å². The van der Waals surface area contributed by atoms with Crippen LogP contribution in [0.1, 0.15) is 18.4 Å². The van der Waals surface area contributed by atoms with E-state index < -0.39 is 33.6 Å². The van der Waals surface area contributed by atoms with E-state index in [0.29, 0.717) is 12.8 Å². The van der Waals surface area contributed by atoms with Crippen molar-refractivity contribution in [2.24, 2.45) is 5.92 Å². The lowest BCUT2D eigenvalue weighted by Gasteiger charge is -2.37. The van der Waals surface area contributed by atoms with Crippen molar-refractivity contribution < 1.29 is 26.4 Å². The van der Waals surface area contributed by atoms with Gasteiger partial charge in [-0.15, -0.1) is 0 Å². The van der Waals surface area contributed by atoms with E-state index >= 15 is 0 Å². The maximum atomic E-state index is 12.6. The fourth-order valence-electron chi connectivity index (χ4n) is 2.41. The monoisotopic (exact) mass is 348 g/mol. The summed E-state index contributed by atoms with van der Waals surface area (Å²) in [7, 11) is -3.29. The number of benzene rings is 1. The molecule has 9 heteroatoms. The highest BCUT2D eigenvalue weighted by atomic mass is 32.2. The Morgan fingerprint density at radius 3 is 2.43 bits per heavy atom. The molecule has 1 aromatic rings. The normalized spacial score (nSPS) is 20.1. The van der Waals surface area contributed by atoms with Gasteiger partial charge in [0.15, 0.2) is 0 Å². The summed E-state index contributed by atoms with van der Waals surface area (Å²) in [4.78, 5) is 12.0. The molecule has 0 bridgehead atoms. The molecule has 1 saturated heterocycles. The fraction of sp³-hybridized carbons (Fsp3) is 0.500. The lowest BCUT2D eigenvalue weighted by Crippen LogP contribution is -2.55. The largest absolute Gasteiger partial charge is 0.416 e. The van der Waals surface area contributed by atoms with Crippen LogP contribution in [0.5, 0.6) is 0 Å². The second kappa shape index (κ2) is 5.48. The van der Waals surface area contributed by atoms with Crippen LogP contribution in [0.25, 0.3) is 0 Å². The second-order valence-electron chi connectivity index (χ2n) is 5.83. The number of rotatable bonds is 4. The van der Waals surface area contributed by atoms with Gasteiger partial charge < -0.3 is 5.32 Å². The fourth-order valence-corrected chi connectivity index (χ4v) is 4.33. The van der Waals surface area contributed by atoms with Crippen molar-refractivity contribution in [3.8, 4) is 0 Å². The zero-order valence-corrected chi connectivity index (χ0v) is 12.8. The number of carbonyl (C=O) groups excluding carboxylic acids is 1. The lowest BCUT2D eigenvalue weighted by atomic mass is 10.0. The van der Waals surface area contributed by atoms with Gasteiger partial charge in [0.2, 0.25) is 15.9 Å². The molecule has 1 aliphatic heterocycles. The molecule has 0 aromatic heterocycles. The summed E-state index contributed by atoms with van der Waals surface area (Å²) >= 11 is 0. The Morgan fingerprint density at radius 2 is 1.87 bits per heavy atom. The Labute approximate surface area is 131 Å². The number of sulfonamides is 1. The van der Waals surface area contributed by atoms with Gasteiger partial charge in [-0.05, 0) is 31.0 Å². The smallest absolute Gasteiger partial charge is 0.326 e. The molecule has 2 aliphatic rings. The molecule has 0 unspecified atom stereocenters. The molecule has 2 fully saturated rings. The Balaban J connectivity index is 1.59. The van der Waals surface area contributed by atoms with Crippen LogP contribution in [0.2, 0.25) is 0 Å². The quantitative estimate of drug-likeness (QED) is 0.906. The molecule has 1 saturated carbocycles. The number of hydrogen-bond acceptors (Lipinski definition) is 3. The number of nitrogens with one attached hydrogen (secondary N) is 1. The van der Waals surface area contributed by atoms with Crippen molar-refractivity contribution in [1.29, 1.82) is 0 Å². The molecule has 1 amide bonds. The molecule has 3 rings (SSSR count). The summed E-state index contributed by atoms with van der Waals surface area (Å²) in [5.74, 6) is -0.996. The van der Waals surface area contributed by atoms with E-state index in [4.69, 9.17) is 0 Å². The highest BCUT2D eigenvalue weighted by molar-refractivity contribution is 7.90. The van der Waals surface area contributed by atoms with E-state index in [1.54, 1.807) is 0 Å². The summed E-state index contributed by atoms with van der Waals surface area (Å²) < 4.78 is 63.0. The highest BCUT2D eigenvalue weighted by Gasteiger charge is 2.46. The van der Waals surface area contributed by atoms with Crippen LogP contribution in [0.15, 0.2) is 24.3 Å². The Bertz CT molecular complexity index is 723. The molecule has 1 aliphatic carbocycles. The first-order valence-corrected chi connectivity index (χ1v) is 8.65. The van der Waals surface area contributed by atoms with E-state index in [2.05, 4.69) is 5.32 Å². The summed E-state index contributed by atoms with van der Waals surface area (Å²) in [5.41, 5.74) is -0.796. The molecule has 1 N–H and O–H groups in total. The number of anilines is 1. The number of alkyl halides is 3. The van der Waals surface area contributed by atoms with E-state index in [0.717, 1.165) is 12.1 Å². The summed E-state index contributed by atoms with van der Waals surface area (Å²) in [6, 6.07) is 4.35. The Hall–Kier alpha value is -1.61. The average molecular weight is 348 g/mol. The number of carbonyl (C=O) groups is 1. The van der Waals surface area contributed by atoms with Crippen molar-refractivity contribution in [3.05, 3.63) is 29.8 Å². The molecule has 1 heterocycles. The molecule has 1 aromatic carbocycles. The van der Waals surface area contributed by atoms with Gasteiger partial charge in [0.25, 0.3) is 0 Å². The lowest BCUT2D eigenvalue weighted by molar-refractivity contribution is -0.137. The summed E-state index contributed by atoms with van der Waals surface area (Å²) in [5, 5.41) is 2.09. The minimum absolute atomic E-state index is 0.0494. The third-order valence-electron chi connectivity index (χ3n) is 3.98. The summed E-state index contributed by atoms with van der Waals surface area (Å²) in [6.45, 7) is 0.174. The van der Waals surface area contributed by atoms with E-state index in [1.165, 1.54) is 16.4 Å². The van der Waals surface area contributed by atoms with E-state index in [-0.39, 0.29) is 24.0 Å². The van der Waals surface area contributed by atoms with Crippen LogP contribution in [0.3, 0.4) is 0 Å². The van der Waals surface area contributed by atoms with Crippen molar-refractivity contribution in [2.75, 3.05) is 18.4 Å². The number of nitrogens with zero attached hydrogens (tertiary/aromatic N) is 1. The first kappa shape index (κ1) is 16.3. The van der Waals surface area contributed by atoms with Crippen LogP contribution in [-0.4, -0.2) is 37.0 Å². The van der Waals surface area contributed by atoms with Gasteiger partial charge >= 0.3 is 6.18 Å². The zero-order chi connectivity index (χ0) is 16.8. The molecule has 0 radical (unpaired) electrons. The Kier molecular flexibility index (Phi) is 3.88. The Morgan fingerprint density at radius 1 is 1.22 bits per heavy atom. The molecular formula is C14H15F3N2O3S. The SMILES string of the molecule is O=C(Nc1cccc(C(F)(F)F)c1)C1CN(S(=O)(=O)C2CC2)C1. The van der Waals surface area contributed by atoms with E-state index in [9.17, 15) is 26.4 Å². The molecule has 0 atom stereocenters. The van der Waals surface area contributed by atoms with Gasteiger partial charge in [0.05, 0.1) is 16.7 Å². The minimum Gasteiger partial charge on any atom is -0.326 e. The van der Waals surface area contributed by atoms with Crippen molar-refractivity contribution in [3.63, 3.8) is 0 Å². The first-order valence-electron chi connectivity index (χ1n) is 7.15. The van der Waals surface area contributed by atoms with Crippen LogP contribution >= 0.6 is 0 Å². The highest BCUT2D eigenvalue weighted by Crippen LogP contribution is 2.35. The van der Waals surface area contributed by atoms with E-state index in [1.807, 2.05) is 0 Å².